The second kappa shape index (κ2) is 6.69. The van der Waals surface area contributed by atoms with Gasteiger partial charge in [-0.15, -0.1) is 0 Å². The van der Waals surface area contributed by atoms with Gasteiger partial charge in [-0.2, -0.15) is 0 Å². The highest BCUT2D eigenvalue weighted by molar-refractivity contribution is 5.84. The van der Waals surface area contributed by atoms with Crippen LogP contribution in [-0.2, 0) is 9.59 Å². The van der Waals surface area contributed by atoms with Crippen LogP contribution in [0.2, 0.25) is 0 Å². The number of hydrogen-bond donors (Lipinski definition) is 0. The van der Waals surface area contributed by atoms with E-state index in [2.05, 4.69) is 0 Å². The first-order valence-electron chi connectivity index (χ1n) is 7.74. The Morgan fingerprint density at radius 2 is 1.78 bits per heavy atom. The highest BCUT2D eigenvalue weighted by Crippen LogP contribution is 2.21. The van der Waals surface area contributed by atoms with Crippen LogP contribution in [-0.4, -0.2) is 36.5 Å². The van der Waals surface area contributed by atoms with Crippen LogP contribution in [0, 0.1) is 5.92 Å². The molecule has 1 amide bonds. The molecular formula is C18H18NO4-. The average Bonchev–Trinajstić information content (AvgIpc) is 2.59. The Morgan fingerprint density at radius 3 is 2.48 bits per heavy atom. The third-order valence-corrected chi connectivity index (χ3v) is 4.26. The van der Waals surface area contributed by atoms with Gasteiger partial charge in [-0.3, -0.25) is 4.79 Å². The van der Waals surface area contributed by atoms with Crippen LogP contribution in [0.4, 0.5) is 0 Å². The standard InChI is InChI=1S/C18H19NO4/c20-17(19-9-7-14(8-10-19)18(21)22)12-23-16-6-5-13-3-1-2-4-15(13)11-16/h1-6,11,14H,7-10,12H2,(H,21,22)/p-1. The van der Waals surface area contributed by atoms with Gasteiger partial charge in [0.1, 0.15) is 5.75 Å². The molecule has 1 fully saturated rings. The van der Waals surface area contributed by atoms with Crippen molar-refractivity contribution in [2.24, 2.45) is 5.92 Å². The zero-order valence-corrected chi connectivity index (χ0v) is 12.7. The van der Waals surface area contributed by atoms with E-state index in [0.717, 1.165) is 10.8 Å². The third kappa shape index (κ3) is 3.62. The lowest BCUT2D eigenvalue weighted by Gasteiger charge is -2.32. The number of hydrogen-bond acceptors (Lipinski definition) is 4. The van der Waals surface area contributed by atoms with Crippen molar-refractivity contribution in [1.82, 2.24) is 4.90 Å². The van der Waals surface area contributed by atoms with E-state index in [1.807, 2.05) is 42.5 Å². The summed E-state index contributed by atoms with van der Waals surface area (Å²) in [6.07, 6.45) is 0.897. The van der Waals surface area contributed by atoms with Gasteiger partial charge in [0.05, 0.1) is 0 Å². The molecule has 3 rings (SSSR count). The summed E-state index contributed by atoms with van der Waals surface area (Å²) in [4.78, 5) is 24.6. The Morgan fingerprint density at radius 1 is 1.09 bits per heavy atom. The molecule has 0 N–H and O–H groups in total. The second-order valence-electron chi connectivity index (χ2n) is 5.77. The highest BCUT2D eigenvalue weighted by Gasteiger charge is 2.23. The van der Waals surface area contributed by atoms with E-state index in [-0.39, 0.29) is 12.5 Å². The molecule has 1 saturated heterocycles. The summed E-state index contributed by atoms with van der Waals surface area (Å²) >= 11 is 0. The van der Waals surface area contributed by atoms with Gasteiger partial charge in [-0.05, 0) is 35.7 Å². The van der Waals surface area contributed by atoms with Crippen molar-refractivity contribution >= 4 is 22.6 Å². The number of aliphatic carboxylic acids is 1. The van der Waals surface area contributed by atoms with Crippen LogP contribution in [0.25, 0.3) is 10.8 Å². The van der Waals surface area contributed by atoms with E-state index in [0.29, 0.717) is 31.7 Å². The lowest BCUT2D eigenvalue weighted by Crippen LogP contribution is -2.45. The predicted molar refractivity (Wildman–Crippen MR) is 83.8 cm³/mol. The lowest BCUT2D eigenvalue weighted by atomic mass is 9.97. The Labute approximate surface area is 134 Å². The van der Waals surface area contributed by atoms with Gasteiger partial charge in [0.25, 0.3) is 5.91 Å². The molecule has 5 heteroatoms. The minimum atomic E-state index is -1.02. The minimum Gasteiger partial charge on any atom is -0.550 e. The third-order valence-electron chi connectivity index (χ3n) is 4.26. The number of benzene rings is 2. The van der Waals surface area contributed by atoms with E-state index in [1.165, 1.54) is 0 Å². The topological polar surface area (TPSA) is 69.7 Å². The van der Waals surface area contributed by atoms with Crippen molar-refractivity contribution < 1.29 is 19.4 Å². The number of nitrogens with zero attached hydrogens (tertiary/aromatic N) is 1. The van der Waals surface area contributed by atoms with E-state index >= 15 is 0 Å². The molecule has 1 aliphatic heterocycles. The van der Waals surface area contributed by atoms with Crippen LogP contribution >= 0.6 is 0 Å². The maximum atomic E-state index is 12.1. The molecule has 2 aromatic carbocycles. The van der Waals surface area contributed by atoms with Crippen molar-refractivity contribution in [1.29, 1.82) is 0 Å². The van der Waals surface area contributed by atoms with Gasteiger partial charge in [0.15, 0.2) is 6.61 Å². The minimum absolute atomic E-state index is 0.0334. The SMILES string of the molecule is O=C([O-])C1CCN(C(=O)COc2ccc3ccccc3c2)CC1. The van der Waals surface area contributed by atoms with E-state index < -0.39 is 11.9 Å². The molecule has 0 radical (unpaired) electrons. The lowest BCUT2D eigenvalue weighted by molar-refractivity contribution is -0.312. The summed E-state index contributed by atoms with van der Waals surface area (Å²) in [6.45, 7) is 0.853. The zero-order chi connectivity index (χ0) is 16.2. The van der Waals surface area contributed by atoms with E-state index in [1.54, 1.807) is 4.90 Å². The number of fused-ring (bicyclic) bond motifs is 1. The van der Waals surface area contributed by atoms with Crippen molar-refractivity contribution in [2.75, 3.05) is 19.7 Å². The molecule has 0 bridgehead atoms. The number of carboxylic acid groups (broad SMARTS) is 1. The fourth-order valence-electron chi connectivity index (χ4n) is 2.86. The van der Waals surface area contributed by atoms with Gasteiger partial charge in [0, 0.05) is 25.0 Å². The van der Waals surface area contributed by atoms with E-state index in [9.17, 15) is 14.7 Å². The van der Waals surface area contributed by atoms with Gasteiger partial charge in [0.2, 0.25) is 0 Å². The molecule has 0 saturated carbocycles. The van der Waals surface area contributed by atoms with Crippen LogP contribution < -0.4 is 9.84 Å². The van der Waals surface area contributed by atoms with Crippen molar-refractivity contribution in [3.63, 3.8) is 0 Å². The number of amides is 1. The first kappa shape index (κ1) is 15.3. The summed E-state index contributed by atoms with van der Waals surface area (Å²) in [5.41, 5.74) is 0. The molecule has 0 atom stereocenters. The summed E-state index contributed by atoms with van der Waals surface area (Å²) in [5, 5.41) is 13.0. The average molecular weight is 312 g/mol. The molecule has 0 unspecified atom stereocenters. The van der Waals surface area contributed by atoms with Gasteiger partial charge >= 0.3 is 0 Å². The fraction of sp³-hybridized carbons (Fsp3) is 0.333. The summed E-state index contributed by atoms with van der Waals surface area (Å²) in [6, 6.07) is 13.7. The van der Waals surface area contributed by atoms with Crippen molar-refractivity contribution in [3.05, 3.63) is 42.5 Å². The highest BCUT2D eigenvalue weighted by atomic mass is 16.5. The van der Waals surface area contributed by atoms with Crippen molar-refractivity contribution in [2.45, 2.75) is 12.8 Å². The Balaban J connectivity index is 1.55. The van der Waals surface area contributed by atoms with Gasteiger partial charge in [-0.1, -0.05) is 30.3 Å². The largest absolute Gasteiger partial charge is 0.550 e. The predicted octanol–water partition coefficient (Wildman–Crippen LogP) is 1.21. The summed E-state index contributed by atoms with van der Waals surface area (Å²) < 4.78 is 5.58. The number of ether oxygens (including phenoxy) is 1. The van der Waals surface area contributed by atoms with Crippen LogP contribution in [0.5, 0.6) is 5.75 Å². The zero-order valence-electron chi connectivity index (χ0n) is 12.7. The molecule has 1 aliphatic rings. The Bertz CT molecular complexity index is 720. The number of carboxylic acids is 1. The number of likely N-dealkylation sites (tertiary alicyclic amines) is 1. The number of carbonyl (C=O) groups is 2. The maximum absolute atomic E-state index is 12.1. The molecule has 0 aromatic heterocycles. The molecule has 0 spiro atoms. The second-order valence-corrected chi connectivity index (χ2v) is 5.77. The fourth-order valence-corrected chi connectivity index (χ4v) is 2.86. The smallest absolute Gasteiger partial charge is 0.260 e. The first-order valence-corrected chi connectivity index (χ1v) is 7.74. The van der Waals surface area contributed by atoms with Gasteiger partial charge in [-0.25, -0.2) is 0 Å². The monoisotopic (exact) mass is 312 g/mol. The Kier molecular flexibility index (Phi) is 4.46. The number of piperidine rings is 1. The quantitative estimate of drug-likeness (QED) is 0.851. The first-order chi connectivity index (χ1) is 11.1. The Hall–Kier alpha value is -2.56. The molecule has 23 heavy (non-hydrogen) atoms. The van der Waals surface area contributed by atoms with Crippen LogP contribution in [0.3, 0.4) is 0 Å². The molecule has 0 aliphatic carbocycles. The number of carbonyl (C=O) groups excluding carboxylic acids is 2. The molecule has 120 valence electrons. The van der Waals surface area contributed by atoms with E-state index in [4.69, 9.17) is 4.74 Å². The molecular weight excluding hydrogens is 294 g/mol. The summed E-state index contributed by atoms with van der Waals surface area (Å²) in [7, 11) is 0. The van der Waals surface area contributed by atoms with Crippen LogP contribution in [0.15, 0.2) is 42.5 Å². The number of rotatable bonds is 4. The van der Waals surface area contributed by atoms with Gasteiger partial charge < -0.3 is 19.5 Å². The molecule has 1 heterocycles. The molecule has 2 aromatic rings. The molecule has 5 nitrogen and oxygen atoms in total. The van der Waals surface area contributed by atoms with Crippen molar-refractivity contribution in [3.8, 4) is 5.75 Å². The maximum Gasteiger partial charge on any atom is 0.260 e. The summed E-state index contributed by atoms with van der Waals surface area (Å²) in [5.74, 6) is -0.929. The normalized spacial score (nSPS) is 15.6. The van der Waals surface area contributed by atoms with Crippen LogP contribution in [0.1, 0.15) is 12.8 Å².